The number of hydrogen-bond donors (Lipinski definition) is 1. The quantitative estimate of drug-likeness (QED) is 0.657. The summed E-state index contributed by atoms with van der Waals surface area (Å²) in [6, 6.07) is 8.91. The lowest BCUT2D eigenvalue weighted by molar-refractivity contribution is -0.380. The normalized spacial score (nSPS) is 10.2. The third-order valence-electron chi connectivity index (χ3n) is 2.44. The topological polar surface area (TPSA) is 64.4 Å². The predicted octanol–water partition coefficient (Wildman–Crippen LogP) is 4.04. The molecule has 1 aromatic heterocycles. The maximum absolute atomic E-state index is 10.6. The van der Waals surface area contributed by atoms with E-state index in [-0.39, 0.29) is 9.92 Å². The molecular weight excluding hydrogens is 332 g/mol. The fourth-order valence-corrected chi connectivity index (χ4v) is 2.68. The lowest BCUT2D eigenvalue weighted by atomic mass is 10.3. The van der Waals surface area contributed by atoms with Crippen molar-refractivity contribution in [2.75, 3.05) is 12.4 Å². The van der Waals surface area contributed by atoms with Crippen LogP contribution in [0.2, 0.25) is 0 Å². The van der Waals surface area contributed by atoms with Crippen molar-refractivity contribution in [2.24, 2.45) is 0 Å². The number of rotatable bonds is 5. The van der Waals surface area contributed by atoms with Crippen LogP contribution in [-0.2, 0) is 6.54 Å². The molecule has 0 spiro atoms. The summed E-state index contributed by atoms with van der Waals surface area (Å²) in [5, 5.41) is 14.0. The van der Waals surface area contributed by atoms with E-state index >= 15 is 0 Å². The second-order valence-electron chi connectivity index (χ2n) is 3.70. The summed E-state index contributed by atoms with van der Waals surface area (Å²) >= 11 is 4.56. The summed E-state index contributed by atoms with van der Waals surface area (Å²) < 4.78 is 6.18. The Labute approximate surface area is 122 Å². The molecule has 2 aromatic rings. The molecule has 0 radical (unpaired) electrons. The average Bonchev–Trinajstić information content (AvgIpc) is 2.85. The van der Waals surface area contributed by atoms with Crippen molar-refractivity contribution in [3.8, 4) is 5.75 Å². The minimum atomic E-state index is -0.381. The molecule has 0 atom stereocenters. The van der Waals surface area contributed by atoms with Crippen molar-refractivity contribution in [2.45, 2.75) is 6.54 Å². The largest absolute Gasteiger partial charge is 0.495 e. The van der Waals surface area contributed by atoms with E-state index in [4.69, 9.17) is 4.74 Å². The first-order valence-corrected chi connectivity index (χ1v) is 7.01. The van der Waals surface area contributed by atoms with Gasteiger partial charge in [0.1, 0.15) is 5.75 Å². The zero-order valence-electron chi connectivity index (χ0n) is 10.1. The standard InChI is InChI=1S/C12H11BrN2O3S/c1-18-11-4-2-8(13)6-10(11)14-7-9-3-5-12(19-9)15(16)17/h2-6,14H,7H2,1H3. The Morgan fingerprint density at radius 3 is 2.84 bits per heavy atom. The predicted molar refractivity (Wildman–Crippen MR) is 79.0 cm³/mol. The monoisotopic (exact) mass is 342 g/mol. The van der Waals surface area contributed by atoms with Gasteiger partial charge in [0.05, 0.1) is 17.7 Å². The van der Waals surface area contributed by atoms with Crippen LogP contribution in [0.15, 0.2) is 34.8 Å². The molecule has 2 rings (SSSR count). The third-order valence-corrected chi connectivity index (χ3v) is 3.97. The Hall–Kier alpha value is -1.60. The van der Waals surface area contributed by atoms with Gasteiger partial charge in [-0.25, -0.2) is 0 Å². The molecule has 0 aliphatic carbocycles. The molecule has 0 saturated heterocycles. The number of thiophene rings is 1. The van der Waals surface area contributed by atoms with E-state index in [0.29, 0.717) is 6.54 Å². The SMILES string of the molecule is COc1ccc(Br)cc1NCc1ccc([N+](=O)[O-])s1. The van der Waals surface area contributed by atoms with E-state index in [1.165, 1.54) is 6.07 Å². The summed E-state index contributed by atoms with van der Waals surface area (Å²) in [6.07, 6.45) is 0. The number of nitrogens with one attached hydrogen (secondary N) is 1. The van der Waals surface area contributed by atoms with Gasteiger partial charge in [0.2, 0.25) is 0 Å². The Morgan fingerprint density at radius 2 is 2.21 bits per heavy atom. The number of ether oxygens (including phenoxy) is 1. The first kappa shape index (κ1) is 13.8. The summed E-state index contributed by atoms with van der Waals surface area (Å²) in [6.45, 7) is 0.519. The molecule has 0 aliphatic heterocycles. The maximum Gasteiger partial charge on any atom is 0.324 e. The summed E-state index contributed by atoms with van der Waals surface area (Å²) in [4.78, 5) is 11.1. The number of benzene rings is 1. The Kier molecular flexibility index (Phi) is 4.39. The van der Waals surface area contributed by atoms with Gasteiger partial charge >= 0.3 is 5.00 Å². The molecule has 1 heterocycles. The summed E-state index contributed by atoms with van der Waals surface area (Å²) in [5.41, 5.74) is 0.841. The number of nitro groups is 1. The van der Waals surface area contributed by atoms with Crippen LogP contribution in [-0.4, -0.2) is 12.0 Å². The van der Waals surface area contributed by atoms with Gasteiger partial charge in [-0.1, -0.05) is 27.3 Å². The number of methoxy groups -OCH3 is 1. The minimum absolute atomic E-state index is 0.151. The summed E-state index contributed by atoms with van der Waals surface area (Å²) in [5.74, 6) is 0.731. The van der Waals surface area contributed by atoms with Gasteiger partial charge in [-0.05, 0) is 24.3 Å². The van der Waals surface area contributed by atoms with Gasteiger partial charge in [0, 0.05) is 22.0 Å². The van der Waals surface area contributed by atoms with Crippen molar-refractivity contribution in [1.29, 1.82) is 0 Å². The molecule has 5 nitrogen and oxygen atoms in total. The second kappa shape index (κ2) is 6.03. The van der Waals surface area contributed by atoms with Gasteiger partial charge in [0.15, 0.2) is 0 Å². The molecule has 19 heavy (non-hydrogen) atoms. The van der Waals surface area contributed by atoms with Crippen LogP contribution in [0.1, 0.15) is 4.88 Å². The second-order valence-corrected chi connectivity index (χ2v) is 5.76. The Morgan fingerprint density at radius 1 is 1.42 bits per heavy atom. The van der Waals surface area contributed by atoms with Gasteiger partial charge < -0.3 is 10.1 Å². The molecule has 1 N–H and O–H groups in total. The molecule has 0 amide bonds. The zero-order chi connectivity index (χ0) is 13.8. The smallest absolute Gasteiger partial charge is 0.324 e. The van der Waals surface area contributed by atoms with Crippen LogP contribution in [0.3, 0.4) is 0 Å². The molecule has 0 bridgehead atoms. The molecule has 1 aromatic carbocycles. The number of nitrogens with zero attached hydrogens (tertiary/aromatic N) is 1. The Balaban J connectivity index is 2.09. The Bertz CT molecular complexity index is 600. The first-order chi connectivity index (χ1) is 9.10. The molecule has 0 saturated carbocycles. The van der Waals surface area contributed by atoms with Gasteiger partial charge in [-0.15, -0.1) is 0 Å². The lowest BCUT2D eigenvalue weighted by Gasteiger charge is -2.10. The van der Waals surface area contributed by atoms with Crippen molar-refractivity contribution >= 4 is 38.0 Å². The van der Waals surface area contributed by atoms with Crippen molar-refractivity contribution < 1.29 is 9.66 Å². The van der Waals surface area contributed by atoms with Crippen LogP contribution in [0, 0.1) is 10.1 Å². The molecule has 0 fully saturated rings. The van der Waals surface area contributed by atoms with Crippen LogP contribution >= 0.6 is 27.3 Å². The molecule has 0 aliphatic rings. The molecule has 0 unspecified atom stereocenters. The highest BCUT2D eigenvalue weighted by Crippen LogP contribution is 2.30. The van der Waals surface area contributed by atoms with Gasteiger partial charge in [-0.2, -0.15) is 0 Å². The highest BCUT2D eigenvalue weighted by Gasteiger charge is 2.10. The zero-order valence-corrected chi connectivity index (χ0v) is 12.5. The number of halogens is 1. The van der Waals surface area contributed by atoms with E-state index in [1.54, 1.807) is 13.2 Å². The fraction of sp³-hybridized carbons (Fsp3) is 0.167. The molecule has 7 heteroatoms. The van der Waals surface area contributed by atoms with E-state index in [1.807, 2.05) is 18.2 Å². The number of anilines is 1. The van der Waals surface area contributed by atoms with E-state index < -0.39 is 0 Å². The lowest BCUT2D eigenvalue weighted by Crippen LogP contribution is -1.99. The highest BCUT2D eigenvalue weighted by molar-refractivity contribution is 9.10. The van der Waals surface area contributed by atoms with Gasteiger partial charge in [0.25, 0.3) is 0 Å². The summed E-state index contributed by atoms with van der Waals surface area (Å²) in [7, 11) is 1.60. The first-order valence-electron chi connectivity index (χ1n) is 5.40. The average molecular weight is 343 g/mol. The minimum Gasteiger partial charge on any atom is -0.495 e. The van der Waals surface area contributed by atoms with E-state index in [9.17, 15) is 10.1 Å². The molecular formula is C12H11BrN2O3S. The van der Waals surface area contributed by atoms with Crippen LogP contribution in [0.5, 0.6) is 5.75 Å². The van der Waals surface area contributed by atoms with Crippen LogP contribution in [0.4, 0.5) is 10.7 Å². The van der Waals surface area contributed by atoms with E-state index in [0.717, 1.165) is 32.1 Å². The number of hydrogen-bond acceptors (Lipinski definition) is 5. The fourth-order valence-electron chi connectivity index (χ4n) is 1.56. The van der Waals surface area contributed by atoms with Crippen LogP contribution in [0.25, 0.3) is 0 Å². The third kappa shape index (κ3) is 3.45. The van der Waals surface area contributed by atoms with Crippen molar-refractivity contribution in [1.82, 2.24) is 0 Å². The van der Waals surface area contributed by atoms with E-state index in [2.05, 4.69) is 21.2 Å². The van der Waals surface area contributed by atoms with Gasteiger partial charge in [-0.3, -0.25) is 10.1 Å². The van der Waals surface area contributed by atoms with Crippen LogP contribution < -0.4 is 10.1 Å². The molecule has 100 valence electrons. The van der Waals surface area contributed by atoms with Crippen molar-refractivity contribution in [3.63, 3.8) is 0 Å². The van der Waals surface area contributed by atoms with Crippen molar-refractivity contribution in [3.05, 3.63) is 49.8 Å². The maximum atomic E-state index is 10.6. The highest BCUT2D eigenvalue weighted by atomic mass is 79.9.